The van der Waals surface area contributed by atoms with E-state index in [-0.39, 0.29) is 12.5 Å². The van der Waals surface area contributed by atoms with E-state index in [1.165, 1.54) is 0 Å². The number of benzene rings is 1. The van der Waals surface area contributed by atoms with Crippen molar-refractivity contribution in [3.63, 3.8) is 0 Å². The molecule has 5 nitrogen and oxygen atoms in total. The van der Waals surface area contributed by atoms with Gasteiger partial charge in [-0.2, -0.15) is 5.10 Å². The molecule has 0 aliphatic rings. The maximum atomic E-state index is 11.7. The van der Waals surface area contributed by atoms with E-state index in [1.54, 1.807) is 17.9 Å². The summed E-state index contributed by atoms with van der Waals surface area (Å²) in [5, 5.41) is 7.28. The first-order valence-electron chi connectivity index (χ1n) is 6.19. The minimum Gasteiger partial charge on any atom is -0.484 e. The van der Waals surface area contributed by atoms with Crippen LogP contribution in [0.15, 0.2) is 30.5 Å². The molecule has 1 aromatic heterocycles. The number of aromatic nitrogens is 2. The van der Waals surface area contributed by atoms with Gasteiger partial charge in [0.2, 0.25) is 0 Å². The molecule has 0 spiro atoms. The maximum absolute atomic E-state index is 11.7. The van der Waals surface area contributed by atoms with E-state index < -0.39 is 0 Å². The zero-order valence-corrected chi connectivity index (χ0v) is 12.1. The van der Waals surface area contributed by atoms with E-state index in [2.05, 4.69) is 10.4 Å². The number of carbonyl (C=O) groups excluding carboxylic acids is 1. The molecule has 0 aliphatic carbocycles. The van der Waals surface area contributed by atoms with Gasteiger partial charge in [0.05, 0.1) is 23.5 Å². The first-order chi connectivity index (χ1) is 9.58. The molecule has 0 bridgehead atoms. The number of hydrogen-bond donors (Lipinski definition) is 1. The second kappa shape index (κ2) is 6.43. The van der Waals surface area contributed by atoms with Crippen LogP contribution in [0.1, 0.15) is 11.3 Å². The summed E-state index contributed by atoms with van der Waals surface area (Å²) in [5.41, 5.74) is 1.76. The van der Waals surface area contributed by atoms with Gasteiger partial charge in [-0.05, 0) is 18.6 Å². The third kappa shape index (κ3) is 3.51. The number of amides is 1. The van der Waals surface area contributed by atoms with Crippen LogP contribution in [0.5, 0.6) is 5.75 Å². The number of nitrogens with one attached hydrogen (secondary N) is 1. The van der Waals surface area contributed by atoms with Crippen LogP contribution in [0.3, 0.4) is 0 Å². The van der Waals surface area contributed by atoms with Crippen LogP contribution >= 0.6 is 11.6 Å². The lowest BCUT2D eigenvalue weighted by molar-refractivity contribution is -0.123. The van der Waals surface area contributed by atoms with Crippen LogP contribution in [-0.2, 0) is 18.4 Å². The van der Waals surface area contributed by atoms with Crippen LogP contribution in [0.4, 0.5) is 0 Å². The Hall–Kier alpha value is -2.01. The predicted molar refractivity (Wildman–Crippen MR) is 76.7 cm³/mol. The zero-order valence-electron chi connectivity index (χ0n) is 11.4. The molecule has 1 amide bonds. The SMILES string of the molecule is Cc1ccccc1OCC(=O)NCc1c(Cl)cnn1C. The highest BCUT2D eigenvalue weighted by Crippen LogP contribution is 2.16. The molecule has 0 radical (unpaired) electrons. The number of carbonyl (C=O) groups is 1. The molecule has 20 heavy (non-hydrogen) atoms. The maximum Gasteiger partial charge on any atom is 0.258 e. The molecule has 106 valence electrons. The van der Waals surface area contributed by atoms with Crippen molar-refractivity contribution >= 4 is 17.5 Å². The Labute approximate surface area is 122 Å². The summed E-state index contributed by atoms with van der Waals surface area (Å²) in [6, 6.07) is 7.56. The van der Waals surface area contributed by atoms with Crippen molar-refractivity contribution in [1.29, 1.82) is 0 Å². The number of nitrogens with zero attached hydrogens (tertiary/aromatic N) is 2. The first kappa shape index (κ1) is 14.4. The Bertz CT molecular complexity index is 591. The van der Waals surface area contributed by atoms with Gasteiger partial charge in [0, 0.05) is 7.05 Å². The monoisotopic (exact) mass is 293 g/mol. The van der Waals surface area contributed by atoms with E-state index in [9.17, 15) is 4.79 Å². The van der Waals surface area contributed by atoms with E-state index >= 15 is 0 Å². The summed E-state index contributed by atoms with van der Waals surface area (Å²) in [6.45, 7) is 2.23. The van der Waals surface area contributed by atoms with Crippen LogP contribution in [0.25, 0.3) is 0 Å². The average Bonchev–Trinajstić information content (AvgIpc) is 2.75. The van der Waals surface area contributed by atoms with Crippen LogP contribution in [0.2, 0.25) is 5.02 Å². The number of ether oxygens (including phenoxy) is 1. The fraction of sp³-hybridized carbons (Fsp3) is 0.286. The number of halogens is 1. The van der Waals surface area contributed by atoms with Gasteiger partial charge in [-0.3, -0.25) is 9.48 Å². The second-order valence-electron chi connectivity index (χ2n) is 4.39. The van der Waals surface area contributed by atoms with Gasteiger partial charge in [-0.15, -0.1) is 0 Å². The summed E-state index contributed by atoms with van der Waals surface area (Å²) >= 11 is 5.96. The van der Waals surface area contributed by atoms with Crippen LogP contribution in [-0.4, -0.2) is 22.3 Å². The van der Waals surface area contributed by atoms with Gasteiger partial charge in [-0.1, -0.05) is 29.8 Å². The fourth-order valence-electron chi connectivity index (χ4n) is 1.73. The number of rotatable bonds is 5. The van der Waals surface area contributed by atoms with Gasteiger partial charge < -0.3 is 10.1 Å². The molecule has 0 fully saturated rings. The predicted octanol–water partition coefficient (Wildman–Crippen LogP) is 2.08. The van der Waals surface area contributed by atoms with E-state index in [4.69, 9.17) is 16.3 Å². The minimum atomic E-state index is -0.203. The molecular formula is C14H16ClN3O2. The van der Waals surface area contributed by atoms with E-state index in [1.807, 2.05) is 31.2 Å². The summed E-state index contributed by atoms with van der Waals surface area (Å²) in [5.74, 6) is 0.506. The Morgan fingerprint density at radius 2 is 2.20 bits per heavy atom. The van der Waals surface area contributed by atoms with Crippen molar-refractivity contribution in [2.45, 2.75) is 13.5 Å². The highest BCUT2D eigenvalue weighted by Gasteiger charge is 2.09. The molecule has 0 aliphatic heterocycles. The van der Waals surface area contributed by atoms with Crippen molar-refractivity contribution in [3.8, 4) is 5.75 Å². The van der Waals surface area contributed by atoms with Gasteiger partial charge >= 0.3 is 0 Å². The lowest BCUT2D eigenvalue weighted by Crippen LogP contribution is -2.29. The fourth-order valence-corrected chi connectivity index (χ4v) is 1.96. The van der Waals surface area contributed by atoms with Crippen molar-refractivity contribution in [2.24, 2.45) is 7.05 Å². The first-order valence-corrected chi connectivity index (χ1v) is 6.57. The van der Waals surface area contributed by atoms with E-state index in [0.717, 1.165) is 11.3 Å². The van der Waals surface area contributed by atoms with Crippen molar-refractivity contribution in [1.82, 2.24) is 15.1 Å². The summed E-state index contributed by atoms with van der Waals surface area (Å²) in [7, 11) is 1.77. The molecule has 2 rings (SSSR count). The lowest BCUT2D eigenvalue weighted by Gasteiger charge is -2.09. The normalized spacial score (nSPS) is 10.3. The molecule has 1 aromatic carbocycles. The Morgan fingerprint density at radius 1 is 1.45 bits per heavy atom. The molecule has 0 saturated heterocycles. The Morgan fingerprint density at radius 3 is 2.85 bits per heavy atom. The standard InChI is InChI=1S/C14H16ClN3O2/c1-10-5-3-4-6-13(10)20-9-14(19)16-8-12-11(15)7-17-18(12)2/h3-7H,8-9H2,1-2H3,(H,16,19). The highest BCUT2D eigenvalue weighted by atomic mass is 35.5. The molecule has 1 N–H and O–H groups in total. The number of aryl methyl sites for hydroxylation is 2. The Kier molecular flexibility index (Phi) is 4.63. The zero-order chi connectivity index (χ0) is 14.5. The summed E-state index contributed by atoms with van der Waals surface area (Å²) in [6.07, 6.45) is 1.55. The average molecular weight is 294 g/mol. The molecule has 0 unspecified atom stereocenters. The summed E-state index contributed by atoms with van der Waals surface area (Å²) in [4.78, 5) is 11.7. The molecule has 0 saturated carbocycles. The largest absolute Gasteiger partial charge is 0.484 e. The van der Waals surface area contributed by atoms with Gasteiger partial charge in [0.15, 0.2) is 6.61 Å². The highest BCUT2D eigenvalue weighted by molar-refractivity contribution is 6.31. The van der Waals surface area contributed by atoms with Crippen molar-refractivity contribution in [2.75, 3.05) is 6.61 Å². The van der Waals surface area contributed by atoms with Gasteiger partial charge in [0.1, 0.15) is 5.75 Å². The Balaban J connectivity index is 1.83. The quantitative estimate of drug-likeness (QED) is 0.918. The van der Waals surface area contributed by atoms with Crippen LogP contribution < -0.4 is 10.1 Å². The van der Waals surface area contributed by atoms with Gasteiger partial charge in [0.25, 0.3) is 5.91 Å². The lowest BCUT2D eigenvalue weighted by atomic mass is 10.2. The topological polar surface area (TPSA) is 56.1 Å². The molecule has 1 heterocycles. The third-order valence-electron chi connectivity index (χ3n) is 2.92. The molecular weight excluding hydrogens is 278 g/mol. The summed E-state index contributed by atoms with van der Waals surface area (Å²) < 4.78 is 7.09. The minimum absolute atomic E-state index is 0.0275. The molecule has 6 heteroatoms. The van der Waals surface area contributed by atoms with Crippen LogP contribution in [0, 0.1) is 6.92 Å². The number of para-hydroxylation sites is 1. The van der Waals surface area contributed by atoms with Crippen molar-refractivity contribution in [3.05, 3.63) is 46.7 Å². The van der Waals surface area contributed by atoms with Gasteiger partial charge in [-0.25, -0.2) is 0 Å². The van der Waals surface area contributed by atoms with E-state index in [0.29, 0.717) is 17.3 Å². The second-order valence-corrected chi connectivity index (χ2v) is 4.80. The van der Waals surface area contributed by atoms with Crippen molar-refractivity contribution < 1.29 is 9.53 Å². The molecule has 2 aromatic rings. The smallest absolute Gasteiger partial charge is 0.258 e. The third-order valence-corrected chi connectivity index (χ3v) is 3.23. The number of hydrogen-bond acceptors (Lipinski definition) is 3. The molecule has 0 atom stereocenters.